The average molecular weight is 480 g/mol. The fraction of sp³-hybridized carbons (Fsp3) is 0.0690. The van der Waals surface area contributed by atoms with Gasteiger partial charge in [0.25, 0.3) is 17.7 Å². The van der Waals surface area contributed by atoms with Crippen LogP contribution < -0.4 is 20.7 Å². The molecule has 3 N–H and O–H groups in total. The number of hydrogen-bond acceptors (Lipinski definition) is 4. The first-order chi connectivity index (χ1) is 17.4. The van der Waals surface area contributed by atoms with Gasteiger partial charge in [-0.2, -0.15) is 0 Å². The average Bonchev–Trinajstić information content (AvgIpc) is 2.91. The molecule has 0 spiro atoms. The predicted octanol–water partition coefficient (Wildman–Crippen LogP) is 5.76. The Kier molecular flexibility index (Phi) is 7.41. The summed E-state index contributed by atoms with van der Waals surface area (Å²) >= 11 is 0. The molecule has 4 aromatic rings. The molecule has 0 aromatic heterocycles. The minimum absolute atomic E-state index is 0.267. The second-order valence-electron chi connectivity index (χ2n) is 8.03. The zero-order chi connectivity index (χ0) is 25.5. The monoisotopic (exact) mass is 479 g/mol. The van der Waals surface area contributed by atoms with Gasteiger partial charge in [0.05, 0.1) is 18.4 Å². The number of carbonyl (C=O) groups excluding carboxylic acids is 3. The molecule has 4 aromatic carbocycles. The van der Waals surface area contributed by atoms with Gasteiger partial charge in [0.1, 0.15) is 5.75 Å². The minimum Gasteiger partial charge on any atom is -0.497 e. The number of rotatable bonds is 7. The summed E-state index contributed by atoms with van der Waals surface area (Å²) < 4.78 is 5.14. The van der Waals surface area contributed by atoms with Crippen LogP contribution in [0.5, 0.6) is 5.75 Å². The Bertz CT molecular complexity index is 1400. The smallest absolute Gasteiger partial charge is 0.257 e. The molecule has 0 aliphatic rings. The van der Waals surface area contributed by atoms with E-state index in [-0.39, 0.29) is 11.8 Å². The van der Waals surface area contributed by atoms with E-state index < -0.39 is 5.91 Å². The summed E-state index contributed by atoms with van der Waals surface area (Å²) in [5.41, 5.74) is 3.48. The molecule has 0 atom stereocenters. The van der Waals surface area contributed by atoms with Gasteiger partial charge in [0, 0.05) is 22.5 Å². The van der Waals surface area contributed by atoms with Gasteiger partial charge in [-0.3, -0.25) is 14.4 Å². The van der Waals surface area contributed by atoms with Crippen LogP contribution in [0.15, 0.2) is 97.1 Å². The first-order valence-corrected chi connectivity index (χ1v) is 11.3. The van der Waals surface area contributed by atoms with Crippen LogP contribution in [0.1, 0.15) is 36.6 Å². The summed E-state index contributed by atoms with van der Waals surface area (Å²) in [6.45, 7) is 1.85. The molecule has 0 aliphatic carbocycles. The van der Waals surface area contributed by atoms with E-state index in [0.29, 0.717) is 39.5 Å². The molecule has 36 heavy (non-hydrogen) atoms. The summed E-state index contributed by atoms with van der Waals surface area (Å²) in [7, 11) is 1.57. The molecule has 3 amide bonds. The summed E-state index contributed by atoms with van der Waals surface area (Å²) in [6, 6.07) is 27.6. The first kappa shape index (κ1) is 24.2. The largest absolute Gasteiger partial charge is 0.497 e. The Balaban J connectivity index is 1.50. The standard InChI is InChI=1S/C29H25N3O4/c1-19-12-13-21(18-26(19)32-27(33)20-8-4-3-5-9-20)28(34)31-25-11-7-6-10-24(25)29(35)30-22-14-16-23(36-2)17-15-22/h3-18H,1-2H3,(H,30,35)(H,31,34)(H,32,33). The van der Waals surface area contributed by atoms with Gasteiger partial charge in [-0.25, -0.2) is 0 Å². The van der Waals surface area contributed by atoms with Gasteiger partial charge < -0.3 is 20.7 Å². The van der Waals surface area contributed by atoms with E-state index in [1.165, 1.54) is 0 Å². The van der Waals surface area contributed by atoms with E-state index in [9.17, 15) is 14.4 Å². The molecule has 7 nitrogen and oxygen atoms in total. The third kappa shape index (κ3) is 5.77. The number of carbonyl (C=O) groups is 3. The van der Waals surface area contributed by atoms with Crippen LogP contribution >= 0.6 is 0 Å². The summed E-state index contributed by atoms with van der Waals surface area (Å²) in [5, 5.41) is 8.49. The molecule has 0 heterocycles. The van der Waals surface area contributed by atoms with Crippen LogP contribution in [0, 0.1) is 6.92 Å². The van der Waals surface area contributed by atoms with Crippen LogP contribution in [0.25, 0.3) is 0 Å². The third-order valence-electron chi connectivity index (χ3n) is 5.55. The molecule has 0 saturated carbocycles. The number of nitrogens with one attached hydrogen (secondary N) is 3. The van der Waals surface area contributed by atoms with Crippen molar-refractivity contribution >= 4 is 34.8 Å². The number of aryl methyl sites for hydroxylation is 1. The Hall–Kier alpha value is -4.91. The highest BCUT2D eigenvalue weighted by Gasteiger charge is 2.16. The molecule has 0 aliphatic heterocycles. The number of para-hydroxylation sites is 1. The van der Waals surface area contributed by atoms with Crippen molar-refractivity contribution in [1.82, 2.24) is 0 Å². The molecule has 7 heteroatoms. The Morgan fingerprint density at radius 2 is 1.25 bits per heavy atom. The van der Waals surface area contributed by atoms with Crippen molar-refractivity contribution < 1.29 is 19.1 Å². The van der Waals surface area contributed by atoms with Crippen LogP contribution in [-0.2, 0) is 0 Å². The maximum atomic E-state index is 13.1. The van der Waals surface area contributed by atoms with Crippen LogP contribution in [-0.4, -0.2) is 24.8 Å². The second kappa shape index (κ2) is 11.0. The van der Waals surface area contributed by atoms with E-state index in [0.717, 1.165) is 5.56 Å². The first-order valence-electron chi connectivity index (χ1n) is 11.3. The van der Waals surface area contributed by atoms with Crippen molar-refractivity contribution in [2.45, 2.75) is 6.92 Å². The quantitative estimate of drug-likeness (QED) is 0.314. The molecule has 0 fully saturated rings. The number of hydrogen-bond donors (Lipinski definition) is 3. The Morgan fingerprint density at radius 3 is 1.97 bits per heavy atom. The van der Waals surface area contributed by atoms with Gasteiger partial charge >= 0.3 is 0 Å². The lowest BCUT2D eigenvalue weighted by molar-refractivity contribution is 0.101. The fourth-order valence-electron chi connectivity index (χ4n) is 3.54. The highest BCUT2D eigenvalue weighted by Crippen LogP contribution is 2.22. The topological polar surface area (TPSA) is 96.5 Å². The van der Waals surface area contributed by atoms with Crippen LogP contribution in [0.2, 0.25) is 0 Å². The van der Waals surface area contributed by atoms with Crippen molar-refractivity contribution in [2.24, 2.45) is 0 Å². The maximum absolute atomic E-state index is 13.1. The van der Waals surface area contributed by atoms with E-state index >= 15 is 0 Å². The summed E-state index contributed by atoms with van der Waals surface area (Å²) in [4.78, 5) is 38.6. The van der Waals surface area contributed by atoms with Gasteiger partial charge in [-0.1, -0.05) is 36.4 Å². The number of ether oxygens (including phenoxy) is 1. The van der Waals surface area contributed by atoms with Crippen molar-refractivity contribution in [1.29, 1.82) is 0 Å². The van der Waals surface area contributed by atoms with Crippen molar-refractivity contribution in [3.05, 3.63) is 119 Å². The van der Waals surface area contributed by atoms with Crippen molar-refractivity contribution in [3.8, 4) is 5.75 Å². The van der Waals surface area contributed by atoms with Crippen molar-refractivity contribution in [2.75, 3.05) is 23.1 Å². The molecular weight excluding hydrogens is 454 g/mol. The molecular formula is C29H25N3O4. The number of methoxy groups -OCH3 is 1. The molecule has 4 rings (SSSR count). The van der Waals surface area contributed by atoms with Gasteiger partial charge in [-0.15, -0.1) is 0 Å². The fourth-order valence-corrected chi connectivity index (χ4v) is 3.54. The Labute approximate surface area is 209 Å². The molecule has 0 saturated heterocycles. The normalized spacial score (nSPS) is 10.3. The zero-order valence-electron chi connectivity index (χ0n) is 19.9. The lowest BCUT2D eigenvalue weighted by Crippen LogP contribution is -2.19. The minimum atomic E-state index is -0.407. The number of amides is 3. The van der Waals surface area contributed by atoms with E-state index in [2.05, 4.69) is 16.0 Å². The second-order valence-corrected chi connectivity index (χ2v) is 8.03. The molecule has 0 bridgehead atoms. The van der Waals surface area contributed by atoms with E-state index in [1.54, 1.807) is 98.1 Å². The van der Waals surface area contributed by atoms with Crippen molar-refractivity contribution in [3.63, 3.8) is 0 Å². The van der Waals surface area contributed by atoms with Crippen LogP contribution in [0.3, 0.4) is 0 Å². The predicted molar refractivity (Wildman–Crippen MR) is 141 cm³/mol. The highest BCUT2D eigenvalue weighted by molar-refractivity contribution is 6.13. The van der Waals surface area contributed by atoms with Crippen LogP contribution in [0.4, 0.5) is 17.1 Å². The number of anilines is 3. The van der Waals surface area contributed by atoms with Gasteiger partial charge in [-0.05, 0) is 73.2 Å². The molecule has 0 unspecified atom stereocenters. The summed E-state index contributed by atoms with van der Waals surface area (Å²) in [6.07, 6.45) is 0. The third-order valence-corrected chi connectivity index (χ3v) is 5.55. The lowest BCUT2D eigenvalue weighted by atomic mass is 10.1. The van der Waals surface area contributed by atoms with Gasteiger partial charge in [0.15, 0.2) is 0 Å². The van der Waals surface area contributed by atoms with Gasteiger partial charge in [0.2, 0.25) is 0 Å². The molecule has 180 valence electrons. The Morgan fingerprint density at radius 1 is 0.611 bits per heavy atom. The SMILES string of the molecule is COc1ccc(NC(=O)c2ccccc2NC(=O)c2ccc(C)c(NC(=O)c3ccccc3)c2)cc1. The van der Waals surface area contributed by atoms with E-state index in [1.807, 2.05) is 13.0 Å². The highest BCUT2D eigenvalue weighted by atomic mass is 16.5. The summed E-state index contributed by atoms with van der Waals surface area (Å²) in [5.74, 6) is -0.361. The number of benzene rings is 4. The van der Waals surface area contributed by atoms with E-state index in [4.69, 9.17) is 4.74 Å². The zero-order valence-corrected chi connectivity index (χ0v) is 19.9. The maximum Gasteiger partial charge on any atom is 0.257 e. The molecule has 0 radical (unpaired) electrons. The lowest BCUT2D eigenvalue weighted by Gasteiger charge is -2.13.